The first-order valence-electron chi connectivity index (χ1n) is 11.1. The van der Waals surface area contributed by atoms with Crippen LogP contribution in [0.15, 0.2) is 30.3 Å². The molecule has 3 amide bonds. The van der Waals surface area contributed by atoms with E-state index in [4.69, 9.17) is 9.47 Å². The summed E-state index contributed by atoms with van der Waals surface area (Å²) in [7, 11) is 0. The number of benzene rings is 1. The van der Waals surface area contributed by atoms with Gasteiger partial charge in [-0.3, -0.25) is 9.59 Å². The van der Waals surface area contributed by atoms with Crippen LogP contribution in [0, 0.1) is 5.92 Å². The number of esters is 1. The van der Waals surface area contributed by atoms with Gasteiger partial charge in [0.05, 0.1) is 6.04 Å². The molecule has 10 heteroatoms. The molecule has 0 bridgehead atoms. The van der Waals surface area contributed by atoms with Crippen molar-refractivity contribution in [2.24, 2.45) is 5.92 Å². The van der Waals surface area contributed by atoms with Crippen LogP contribution in [0.5, 0.6) is 0 Å². The first-order valence-corrected chi connectivity index (χ1v) is 11.1. The molecule has 0 heterocycles. The Morgan fingerprint density at radius 1 is 1.06 bits per heavy atom. The molecule has 1 rings (SSSR count). The van der Waals surface area contributed by atoms with E-state index in [0.717, 1.165) is 18.4 Å². The molecule has 198 valence electrons. The van der Waals surface area contributed by atoms with Crippen LogP contribution >= 0.6 is 0 Å². The van der Waals surface area contributed by atoms with Gasteiger partial charge in [-0.1, -0.05) is 57.5 Å². The number of carbonyl (C=O) groups excluding carboxylic acids is 4. The summed E-state index contributed by atoms with van der Waals surface area (Å²) in [6.07, 6.45) is 3.24. The Morgan fingerprint density at radius 2 is 1.68 bits per heavy atom. The van der Waals surface area contributed by atoms with Crippen LogP contribution in [0.2, 0.25) is 0 Å². The van der Waals surface area contributed by atoms with Gasteiger partial charge in [-0.15, -0.1) is 0 Å². The monoisotopic (exact) mass is 721 g/mol. The Bertz CT molecular complexity index is 723. The Hall–Kier alpha value is -4.10. The minimum atomic E-state index is -0.718. The van der Waals surface area contributed by atoms with Crippen molar-refractivity contribution in [3.63, 3.8) is 0 Å². The number of amides is 3. The second-order valence-electron chi connectivity index (χ2n) is 8.61. The summed E-state index contributed by atoms with van der Waals surface area (Å²) < 4.78 is 10.1. The standard InChI is InChI=1S/C15H19N2O4.C9H19NO2.Fm/c1-11(2)14(17-10-18)15(20)16-8-13(19)21-9-12-6-4-3-5-7-12;1-5-6-7-10-8(11)12-9(2,3)4;/h3-7,11,14H,8-9H2,1-2H3,(H,16,20)(H,17,18);5-7H2,1-4H3,(H,10,11);/q-1;;. The smallest absolute Gasteiger partial charge is 0.407 e. The average molecular weight is 722 g/mol. The summed E-state index contributed by atoms with van der Waals surface area (Å²) in [4.78, 5) is 44.6. The Morgan fingerprint density at radius 3 is 2.18 bits per heavy atom. The molecule has 9 nitrogen and oxygen atoms in total. The van der Waals surface area contributed by atoms with E-state index in [1.807, 2.05) is 51.1 Å². The third-order valence-electron chi connectivity index (χ3n) is 4.01. The van der Waals surface area contributed by atoms with Gasteiger partial charge in [0, 0.05) is 6.54 Å². The number of nitrogens with one attached hydrogen (secondary N) is 3. The summed E-state index contributed by atoms with van der Waals surface area (Å²) in [5.41, 5.74) is 0.477. The van der Waals surface area contributed by atoms with Crippen LogP contribution in [-0.4, -0.2) is 49.1 Å². The number of hydrogen-bond donors (Lipinski definition) is 3. The fourth-order valence-corrected chi connectivity index (χ4v) is 2.34. The van der Waals surface area contributed by atoms with Crippen LogP contribution in [0.25, 0.3) is 0 Å². The van der Waals surface area contributed by atoms with E-state index in [9.17, 15) is 19.2 Å². The number of unbranched alkanes of at least 4 members (excludes halogenated alkanes) is 1. The van der Waals surface area contributed by atoms with E-state index in [-0.39, 0.29) is 25.2 Å². The third kappa shape index (κ3) is 16.6. The molecule has 0 aliphatic heterocycles. The maximum absolute atomic E-state index is 11.8. The molecule has 0 saturated heterocycles. The second kappa shape index (κ2) is 17.5. The van der Waals surface area contributed by atoms with Crippen molar-refractivity contribution in [3.05, 3.63) is 35.9 Å². The van der Waals surface area contributed by atoms with Crippen molar-refractivity contribution in [2.45, 2.75) is 72.6 Å². The molecule has 1 aromatic rings. The SMILES string of the molecule is CC(C)C(N[C-]=O)C(=O)NCC(=O)OCc1ccccc1.CCCCNC(=O)OC(C)(C)C.[Fm]. The van der Waals surface area contributed by atoms with E-state index >= 15 is 0 Å². The molecule has 0 spiro atoms. The van der Waals surface area contributed by atoms with Gasteiger partial charge in [-0.2, -0.15) is 6.41 Å². The summed E-state index contributed by atoms with van der Waals surface area (Å²) in [6.45, 7) is 11.8. The molecule has 0 aliphatic rings. The minimum Gasteiger partial charge on any atom is -0.520 e. The topological polar surface area (TPSA) is 123 Å². The van der Waals surface area contributed by atoms with Crippen molar-refractivity contribution >= 4 is 24.4 Å². The summed E-state index contributed by atoms with van der Waals surface area (Å²) in [5, 5.41) is 7.40. The summed E-state index contributed by atoms with van der Waals surface area (Å²) in [5.74, 6) is -1.08. The van der Waals surface area contributed by atoms with E-state index in [0.29, 0.717) is 6.54 Å². The predicted molar refractivity (Wildman–Crippen MR) is 126 cm³/mol. The molecule has 3 N–H and O–H groups in total. The van der Waals surface area contributed by atoms with Crippen LogP contribution < -0.4 is 16.0 Å². The largest absolute Gasteiger partial charge is 0.520 e. The molecule has 0 saturated carbocycles. The average Bonchev–Trinajstić information content (AvgIpc) is 2.74. The van der Waals surface area contributed by atoms with E-state index in [1.165, 1.54) is 6.41 Å². The molecular weight excluding hydrogens is 683 g/mol. The van der Waals surface area contributed by atoms with Crippen molar-refractivity contribution in [3.8, 4) is 0 Å². The first kappa shape index (κ1) is 32.1. The number of rotatable bonds is 11. The number of hydrogen-bond acceptors (Lipinski definition) is 6. The zero-order valence-electron chi connectivity index (χ0n) is 20.8. The number of alkyl carbamates (subject to hydrolysis) is 1. The van der Waals surface area contributed by atoms with E-state index < -0.39 is 23.5 Å². The first-order chi connectivity index (χ1) is 15.5. The number of ether oxygens (including phenoxy) is 2. The Labute approximate surface area is 197 Å². The fourth-order valence-electron chi connectivity index (χ4n) is 2.34. The molecule has 1 atom stereocenters. The van der Waals surface area contributed by atoms with Gasteiger partial charge in [0.15, 0.2) is 0 Å². The minimum absolute atomic E-state index is 0. The van der Waals surface area contributed by atoms with Crippen molar-refractivity contribution in [1.29, 1.82) is 0 Å². The maximum Gasteiger partial charge on any atom is 0.407 e. The van der Waals surface area contributed by atoms with Crippen LogP contribution in [0.3, 0.4) is 0 Å². The normalized spacial score (nSPS) is 11.0. The van der Waals surface area contributed by atoms with Crippen molar-refractivity contribution in [1.82, 2.24) is 16.0 Å². The summed E-state index contributed by atoms with van der Waals surface area (Å²) in [6, 6.07) is 8.52. The molecule has 1 unspecified atom stereocenters. The van der Waals surface area contributed by atoms with Gasteiger partial charge in [0.25, 0.3) is 0 Å². The van der Waals surface area contributed by atoms with Gasteiger partial charge in [-0.05, 0) is 38.7 Å². The molecule has 0 fully saturated rings. The molecule has 0 radical (unpaired) electrons. The van der Waals surface area contributed by atoms with Gasteiger partial charge < -0.3 is 30.2 Å². The van der Waals surface area contributed by atoms with Crippen molar-refractivity contribution in [2.75, 3.05) is 13.1 Å². The molecule has 1 aromatic carbocycles. The van der Waals surface area contributed by atoms with Crippen LogP contribution in [-0.2, 0) is 30.5 Å². The molecular formula is C24H38FmN3O6-. The second-order valence-corrected chi connectivity index (χ2v) is 8.61. The van der Waals surface area contributed by atoms with Crippen LogP contribution in [0.1, 0.15) is 59.9 Å². The Kier molecular flexibility index (Phi) is 16.5. The van der Waals surface area contributed by atoms with E-state index in [2.05, 4.69) is 22.9 Å². The quantitative estimate of drug-likeness (QED) is 0.140. The van der Waals surface area contributed by atoms with Gasteiger partial charge in [-0.25, -0.2) is 4.79 Å². The van der Waals surface area contributed by atoms with E-state index in [1.54, 1.807) is 13.8 Å². The summed E-state index contributed by atoms with van der Waals surface area (Å²) >= 11 is 0. The Balaban J connectivity index is 0. The van der Waals surface area contributed by atoms with Crippen LogP contribution in [0.4, 0.5) is 4.79 Å². The predicted octanol–water partition coefficient (Wildman–Crippen LogP) is 2.84. The van der Waals surface area contributed by atoms with Crippen molar-refractivity contribution < 1.29 is 28.7 Å². The third-order valence-corrected chi connectivity index (χ3v) is 4.01. The molecule has 0 aliphatic carbocycles. The maximum atomic E-state index is 11.8. The van der Waals surface area contributed by atoms with Gasteiger partial charge in [0.1, 0.15) is 18.8 Å². The molecule has 34 heavy (non-hydrogen) atoms. The van der Waals surface area contributed by atoms with Gasteiger partial charge >= 0.3 is 12.1 Å². The molecule has 0 aromatic heterocycles. The number of carbonyl (C=O) groups is 3. The van der Waals surface area contributed by atoms with Gasteiger partial charge in [0.2, 0.25) is 5.91 Å². The zero-order valence-corrected chi connectivity index (χ0v) is 23.2. The fraction of sp³-hybridized carbons (Fsp3) is 0.583. The zero-order chi connectivity index (χ0) is 25.3.